The number of hydrogen-bond donors (Lipinski definition) is 1. The van der Waals surface area contributed by atoms with Gasteiger partial charge in [0.1, 0.15) is 17.4 Å². The molecule has 0 bridgehead atoms. The van der Waals surface area contributed by atoms with Gasteiger partial charge in [0.25, 0.3) is 0 Å². The smallest absolute Gasteiger partial charge is 0.205 e. The third kappa shape index (κ3) is 2.20. The molecule has 0 saturated carbocycles. The number of Topliss-reactive ketones (excluding diaryl/α,β-unsaturated/α-hetero) is 1. The number of nitriles is 1. The normalized spacial score (nSPS) is 18.9. The van der Waals surface area contributed by atoms with Gasteiger partial charge in [-0.1, -0.05) is 0 Å². The maximum atomic E-state index is 11.8. The van der Waals surface area contributed by atoms with E-state index in [4.69, 9.17) is 10.5 Å². The predicted molar refractivity (Wildman–Crippen MR) is 68.3 cm³/mol. The molecular formula is C14H13N3O2. The highest BCUT2D eigenvalue weighted by molar-refractivity contribution is 5.96. The first kappa shape index (κ1) is 12.8. The molecule has 0 aliphatic carbocycles. The van der Waals surface area contributed by atoms with Gasteiger partial charge in [0.2, 0.25) is 5.88 Å². The van der Waals surface area contributed by atoms with Crippen molar-refractivity contribution >= 4 is 5.78 Å². The van der Waals surface area contributed by atoms with Crippen LogP contribution in [-0.2, 0) is 9.53 Å². The largest absolute Gasteiger partial charge is 0.445 e. The second-order valence-electron chi connectivity index (χ2n) is 4.23. The summed E-state index contributed by atoms with van der Waals surface area (Å²) in [6, 6.07) is 5.55. The second kappa shape index (κ2) is 4.94. The maximum absolute atomic E-state index is 11.8. The van der Waals surface area contributed by atoms with E-state index >= 15 is 0 Å². The Morgan fingerprint density at radius 2 is 2.11 bits per heavy atom. The average Bonchev–Trinajstić information content (AvgIpc) is 2.38. The van der Waals surface area contributed by atoms with Crippen LogP contribution in [0.25, 0.3) is 0 Å². The number of allylic oxidation sites excluding steroid dienone is 3. The molecule has 2 N–H and O–H groups in total. The van der Waals surface area contributed by atoms with Gasteiger partial charge >= 0.3 is 0 Å². The summed E-state index contributed by atoms with van der Waals surface area (Å²) >= 11 is 0. The van der Waals surface area contributed by atoms with Crippen molar-refractivity contribution in [3.63, 3.8) is 0 Å². The number of pyridine rings is 1. The van der Waals surface area contributed by atoms with E-state index in [9.17, 15) is 10.1 Å². The first-order valence-corrected chi connectivity index (χ1v) is 5.75. The Balaban J connectivity index is 2.65. The summed E-state index contributed by atoms with van der Waals surface area (Å²) in [7, 11) is 0. The molecule has 0 saturated heterocycles. The average molecular weight is 255 g/mol. The van der Waals surface area contributed by atoms with Crippen LogP contribution in [0.2, 0.25) is 0 Å². The van der Waals surface area contributed by atoms with Gasteiger partial charge in [0, 0.05) is 18.0 Å². The number of rotatable bonds is 2. The van der Waals surface area contributed by atoms with Gasteiger partial charge in [0.05, 0.1) is 5.92 Å². The molecule has 1 aliphatic heterocycles. The van der Waals surface area contributed by atoms with Crippen LogP contribution < -0.4 is 5.73 Å². The molecule has 2 rings (SSSR count). The number of nitrogens with zero attached hydrogens (tertiary/aromatic N) is 2. The van der Waals surface area contributed by atoms with Crippen molar-refractivity contribution in [2.24, 2.45) is 5.73 Å². The molecule has 0 spiro atoms. The van der Waals surface area contributed by atoms with Crippen LogP contribution in [0, 0.1) is 11.3 Å². The number of nitrogens with two attached hydrogens (primary N) is 1. The van der Waals surface area contributed by atoms with Crippen LogP contribution >= 0.6 is 0 Å². The molecule has 1 atom stereocenters. The lowest BCUT2D eigenvalue weighted by Gasteiger charge is -2.26. The van der Waals surface area contributed by atoms with Gasteiger partial charge in [-0.25, -0.2) is 0 Å². The third-order valence-electron chi connectivity index (χ3n) is 3.02. The lowest BCUT2D eigenvalue weighted by atomic mass is 9.82. The summed E-state index contributed by atoms with van der Waals surface area (Å²) in [6.07, 6.45) is 3.23. The van der Waals surface area contributed by atoms with Gasteiger partial charge in [-0.05, 0) is 31.5 Å². The predicted octanol–water partition coefficient (Wildman–Crippen LogP) is 1.75. The number of ketones is 1. The fraction of sp³-hybridized carbons (Fsp3) is 0.214. The number of hydrogen-bond acceptors (Lipinski definition) is 5. The van der Waals surface area contributed by atoms with E-state index in [0.29, 0.717) is 11.3 Å². The molecule has 19 heavy (non-hydrogen) atoms. The number of carbonyl (C=O) groups is 1. The Hall–Kier alpha value is -2.61. The van der Waals surface area contributed by atoms with Crippen molar-refractivity contribution in [3.05, 3.63) is 52.9 Å². The minimum atomic E-state index is -0.487. The van der Waals surface area contributed by atoms with Crippen molar-refractivity contribution in [2.75, 3.05) is 0 Å². The second-order valence-corrected chi connectivity index (χ2v) is 4.23. The summed E-state index contributed by atoms with van der Waals surface area (Å²) in [4.78, 5) is 15.8. The molecule has 0 unspecified atom stereocenters. The first-order valence-electron chi connectivity index (χ1n) is 5.75. The number of aromatic nitrogens is 1. The van der Waals surface area contributed by atoms with Crippen LogP contribution in [0.4, 0.5) is 0 Å². The van der Waals surface area contributed by atoms with E-state index < -0.39 is 5.92 Å². The first-order chi connectivity index (χ1) is 9.06. The summed E-state index contributed by atoms with van der Waals surface area (Å²) in [5.74, 6) is -0.142. The number of ether oxygens (including phenoxy) is 1. The van der Waals surface area contributed by atoms with Gasteiger partial charge in [-0.15, -0.1) is 0 Å². The molecular weight excluding hydrogens is 242 g/mol. The Kier molecular flexibility index (Phi) is 3.34. The van der Waals surface area contributed by atoms with Crippen LogP contribution in [0.1, 0.15) is 25.3 Å². The van der Waals surface area contributed by atoms with E-state index in [2.05, 4.69) is 4.98 Å². The lowest BCUT2D eigenvalue weighted by molar-refractivity contribution is -0.114. The van der Waals surface area contributed by atoms with Crippen molar-refractivity contribution < 1.29 is 9.53 Å². The highest BCUT2D eigenvalue weighted by Gasteiger charge is 2.33. The molecule has 2 heterocycles. The Morgan fingerprint density at radius 3 is 2.63 bits per heavy atom. The molecule has 0 aromatic carbocycles. The molecule has 1 aromatic heterocycles. The lowest BCUT2D eigenvalue weighted by Crippen LogP contribution is -2.23. The zero-order valence-electron chi connectivity index (χ0n) is 10.7. The molecule has 5 nitrogen and oxygen atoms in total. The Bertz CT molecular complexity index is 624. The van der Waals surface area contributed by atoms with Gasteiger partial charge in [-0.3, -0.25) is 9.78 Å². The van der Waals surface area contributed by atoms with E-state index in [0.717, 1.165) is 5.56 Å². The summed E-state index contributed by atoms with van der Waals surface area (Å²) < 4.78 is 5.29. The molecule has 0 fully saturated rings. The van der Waals surface area contributed by atoms with Crippen LogP contribution in [0.3, 0.4) is 0 Å². The molecule has 1 aliphatic rings. The van der Waals surface area contributed by atoms with Crippen molar-refractivity contribution in [3.8, 4) is 6.07 Å². The summed E-state index contributed by atoms with van der Waals surface area (Å²) in [6.45, 7) is 3.12. The van der Waals surface area contributed by atoms with Gasteiger partial charge < -0.3 is 10.5 Å². The minimum Gasteiger partial charge on any atom is -0.445 e. The van der Waals surface area contributed by atoms with Crippen molar-refractivity contribution in [2.45, 2.75) is 19.8 Å². The van der Waals surface area contributed by atoms with E-state index in [-0.39, 0.29) is 17.2 Å². The van der Waals surface area contributed by atoms with Gasteiger partial charge in [0.15, 0.2) is 5.78 Å². The highest BCUT2D eigenvalue weighted by atomic mass is 16.5. The van der Waals surface area contributed by atoms with E-state index in [1.165, 1.54) is 6.92 Å². The topological polar surface area (TPSA) is 89.0 Å². The zero-order valence-corrected chi connectivity index (χ0v) is 10.7. The summed E-state index contributed by atoms with van der Waals surface area (Å²) in [5, 5.41) is 9.26. The van der Waals surface area contributed by atoms with Crippen molar-refractivity contribution in [1.82, 2.24) is 4.98 Å². The van der Waals surface area contributed by atoms with Crippen molar-refractivity contribution in [1.29, 1.82) is 5.26 Å². The molecule has 0 radical (unpaired) electrons. The summed E-state index contributed by atoms with van der Waals surface area (Å²) in [5.41, 5.74) is 7.25. The molecule has 5 heteroatoms. The SMILES string of the molecule is CC(=O)C1=C(C)OC(N)=C(C#N)[C@H]1c1ccncc1. The Labute approximate surface area is 111 Å². The molecule has 0 amide bonds. The monoisotopic (exact) mass is 255 g/mol. The van der Waals surface area contributed by atoms with Crippen LogP contribution in [0.15, 0.2) is 47.3 Å². The maximum Gasteiger partial charge on any atom is 0.205 e. The zero-order chi connectivity index (χ0) is 14.0. The van der Waals surface area contributed by atoms with Gasteiger partial charge in [-0.2, -0.15) is 5.26 Å². The fourth-order valence-corrected chi connectivity index (χ4v) is 2.22. The van der Waals surface area contributed by atoms with Crippen LogP contribution in [0.5, 0.6) is 0 Å². The quantitative estimate of drug-likeness (QED) is 0.869. The standard InChI is InChI=1S/C14H13N3O2/c1-8(18)12-9(2)19-14(16)11(7-15)13(12)10-3-5-17-6-4-10/h3-6,13H,16H2,1-2H3/t13-/m1/s1. The van der Waals surface area contributed by atoms with Crippen LogP contribution in [-0.4, -0.2) is 10.8 Å². The number of carbonyl (C=O) groups excluding carboxylic acids is 1. The fourth-order valence-electron chi connectivity index (χ4n) is 2.22. The highest BCUT2D eigenvalue weighted by Crippen LogP contribution is 2.38. The third-order valence-corrected chi connectivity index (χ3v) is 3.02. The van der Waals surface area contributed by atoms with E-state index in [1.54, 1.807) is 31.5 Å². The minimum absolute atomic E-state index is 0.0480. The molecule has 1 aromatic rings. The molecule has 96 valence electrons. The Morgan fingerprint density at radius 1 is 1.47 bits per heavy atom. The van der Waals surface area contributed by atoms with E-state index in [1.807, 2.05) is 6.07 Å².